The number of rotatable bonds is 27. The molecule has 2 fully saturated rings. The van der Waals surface area contributed by atoms with Crippen LogP contribution in [0.5, 0.6) is 11.5 Å². The van der Waals surface area contributed by atoms with Gasteiger partial charge in [0.05, 0.1) is 18.2 Å². The lowest BCUT2D eigenvalue weighted by Crippen LogP contribution is -2.69. The van der Waals surface area contributed by atoms with E-state index in [1.165, 1.54) is 38.5 Å². The standard InChI is InChI=1S/C45H71N3O7/c1-5-7-8-9-10-11-12-13-14-21-42(51)47(3)41-33-39(46-52-4)37-31-34(19-15-17-27-49)36(20-16-18-28-50)43-38-32-35(53-30-26-48-24-25-48)22-23-40(38)55-45(41,44(37)43)54-29-6-2/h6,22-23,31-32,34,36,41,43-44,49-50H,2,5,7-21,24-30,33H2,1,3-4H3/t34-,36+,41-,43+,44+,45+/m0/s1. The molecule has 0 bridgehead atoms. The van der Waals surface area contributed by atoms with E-state index >= 15 is 0 Å². The lowest BCUT2D eigenvalue weighted by atomic mass is 9.55. The number of oxime groups is 1. The third-order valence-corrected chi connectivity index (χ3v) is 12.4. The quantitative estimate of drug-likeness (QED) is 0.0401. The van der Waals surface area contributed by atoms with Crippen LogP contribution in [0.15, 0.2) is 47.7 Å². The van der Waals surface area contributed by atoms with Crippen LogP contribution in [0.4, 0.5) is 0 Å². The molecule has 2 N–H and O–H groups in total. The first-order chi connectivity index (χ1) is 26.9. The Morgan fingerprint density at radius 2 is 1.73 bits per heavy atom. The summed E-state index contributed by atoms with van der Waals surface area (Å²) < 4.78 is 20.6. The predicted molar refractivity (Wildman–Crippen MR) is 219 cm³/mol. The van der Waals surface area contributed by atoms with Gasteiger partial charge in [-0.3, -0.25) is 9.69 Å². The topological polar surface area (TPSA) is 113 Å². The zero-order valence-electron chi connectivity index (χ0n) is 34.2. The molecule has 1 aromatic carbocycles. The van der Waals surface area contributed by atoms with Crippen LogP contribution in [-0.4, -0.2) is 104 Å². The van der Waals surface area contributed by atoms with Gasteiger partial charge in [-0.2, -0.15) is 0 Å². The highest BCUT2D eigenvalue weighted by Crippen LogP contribution is 2.61. The fraction of sp³-hybridized carbons (Fsp3) is 0.733. The highest BCUT2D eigenvalue weighted by atomic mass is 16.7. The fourth-order valence-corrected chi connectivity index (χ4v) is 9.45. The number of fused-ring (bicyclic) bond motifs is 2. The molecule has 308 valence electrons. The number of carbonyl (C=O) groups excluding carboxylic acids is 1. The average Bonchev–Trinajstić information content (AvgIpc) is 4.02. The van der Waals surface area contributed by atoms with Crippen LogP contribution in [0.1, 0.15) is 128 Å². The first-order valence-electron chi connectivity index (χ1n) is 21.6. The second-order valence-electron chi connectivity index (χ2n) is 16.2. The monoisotopic (exact) mass is 766 g/mol. The summed E-state index contributed by atoms with van der Waals surface area (Å²) >= 11 is 0. The van der Waals surface area contributed by atoms with Gasteiger partial charge in [-0.05, 0) is 67.7 Å². The summed E-state index contributed by atoms with van der Waals surface area (Å²) in [5.41, 5.74) is 2.96. The van der Waals surface area contributed by atoms with Crippen molar-refractivity contribution in [2.24, 2.45) is 22.9 Å². The molecule has 55 heavy (non-hydrogen) atoms. The number of likely N-dealkylation sites (N-methyl/N-ethyl adjacent to an activating group) is 1. The highest BCUT2D eigenvalue weighted by Gasteiger charge is 2.65. The third kappa shape index (κ3) is 11.1. The molecule has 10 nitrogen and oxygen atoms in total. The average molecular weight is 766 g/mol. The van der Waals surface area contributed by atoms with Crippen LogP contribution >= 0.6 is 0 Å². The fourth-order valence-electron chi connectivity index (χ4n) is 9.45. The van der Waals surface area contributed by atoms with Crippen molar-refractivity contribution in [1.29, 1.82) is 0 Å². The number of hydrogen-bond donors (Lipinski definition) is 2. The summed E-state index contributed by atoms with van der Waals surface area (Å²) in [5.74, 6) is 0.481. The van der Waals surface area contributed by atoms with E-state index in [-0.39, 0.29) is 49.4 Å². The van der Waals surface area contributed by atoms with Gasteiger partial charge in [-0.15, -0.1) is 6.58 Å². The number of carbonyl (C=O) groups is 1. The molecule has 2 heterocycles. The second kappa shape index (κ2) is 22.1. The minimum absolute atomic E-state index is 0.0483. The van der Waals surface area contributed by atoms with Crippen LogP contribution in [0, 0.1) is 17.8 Å². The molecular formula is C45H71N3O7. The number of aliphatic hydroxyl groups is 2. The number of ether oxygens (including phenoxy) is 3. The second-order valence-corrected chi connectivity index (χ2v) is 16.2. The van der Waals surface area contributed by atoms with Crippen molar-refractivity contribution in [3.63, 3.8) is 0 Å². The molecule has 1 saturated carbocycles. The Hall–Kier alpha value is -2.92. The molecule has 2 aliphatic heterocycles. The molecule has 5 rings (SSSR count). The molecular weight excluding hydrogens is 695 g/mol. The van der Waals surface area contributed by atoms with Gasteiger partial charge in [0.1, 0.15) is 31.3 Å². The minimum Gasteiger partial charge on any atom is -0.492 e. The third-order valence-electron chi connectivity index (χ3n) is 12.4. The first-order valence-corrected chi connectivity index (χ1v) is 21.6. The smallest absolute Gasteiger partial charge is 0.239 e. The van der Waals surface area contributed by atoms with Gasteiger partial charge >= 0.3 is 0 Å². The minimum atomic E-state index is -1.21. The Bertz CT molecular complexity index is 1410. The lowest BCUT2D eigenvalue weighted by Gasteiger charge is -2.59. The lowest BCUT2D eigenvalue weighted by molar-refractivity contribution is -0.255. The number of unbranched alkanes of at least 4 members (excludes halogenated alkanes) is 10. The summed E-state index contributed by atoms with van der Waals surface area (Å²) in [5, 5.41) is 24.3. The van der Waals surface area contributed by atoms with Crippen LogP contribution in [-0.2, 0) is 14.4 Å². The van der Waals surface area contributed by atoms with Crippen LogP contribution in [0.25, 0.3) is 0 Å². The Morgan fingerprint density at radius 3 is 2.40 bits per heavy atom. The molecule has 6 atom stereocenters. The number of allylic oxidation sites excluding steroid dienone is 1. The van der Waals surface area contributed by atoms with Crippen LogP contribution in [0.3, 0.4) is 0 Å². The molecule has 1 amide bonds. The van der Waals surface area contributed by atoms with E-state index in [0.29, 0.717) is 19.4 Å². The molecule has 1 aromatic rings. The highest BCUT2D eigenvalue weighted by molar-refractivity contribution is 6.03. The molecule has 0 spiro atoms. The van der Waals surface area contributed by atoms with Crippen molar-refractivity contribution < 1.29 is 34.1 Å². The van der Waals surface area contributed by atoms with Gasteiger partial charge in [-0.25, -0.2) is 0 Å². The summed E-state index contributed by atoms with van der Waals surface area (Å²) in [6.45, 7) is 10.6. The maximum Gasteiger partial charge on any atom is 0.239 e. The summed E-state index contributed by atoms with van der Waals surface area (Å²) in [6, 6.07) is 5.72. The molecule has 10 heteroatoms. The van der Waals surface area contributed by atoms with E-state index in [0.717, 1.165) is 106 Å². The van der Waals surface area contributed by atoms with E-state index < -0.39 is 11.8 Å². The van der Waals surface area contributed by atoms with Crippen molar-refractivity contribution in [3.05, 3.63) is 48.1 Å². The Morgan fingerprint density at radius 1 is 1.02 bits per heavy atom. The van der Waals surface area contributed by atoms with Gasteiger partial charge in [0.15, 0.2) is 0 Å². The first kappa shape index (κ1) is 43.2. The molecule has 4 aliphatic rings. The number of benzene rings is 1. The number of aliphatic hydroxyl groups excluding tert-OH is 2. The van der Waals surface area contributed by atoms with E-state index in [9.17, 15) is 15.0 Å². The molecule has 0 aromatic heterocycles. The van der Waals surface area contributed by atoms with Crippen molar-refractivity contribution >= 4 is 11.6 Å². The predicted octanol–water partition coefficient (Wildman–Crippen LogP) is 8.02. The Kier molecular flexibility index (Phi) is 17.4. The van der Waals surface area contributed by atoms with E-state index in [1.54, 1.807) is 13.2 Å². The number of amides is 1. The number of hydrogen-bond acceptors (Lipinski definition) is 9. The van der Waals surface area contributed by atoms with Crippen molar-refractivity contribution in [1.82, 2.24) is 9.80 Å². The maximum atomic E-state index is 14.2. The van der Waals surface area contributed by atoms with E-state index in [2.05, 4.69) is 35.7 Å². The Labute approximate surface area is 331 Å². The summed E-state index contributed by atoms with van der Waals surface area (Å²) in [6.07, 6.45) is 20.9. The zero-order valence-corrected chi connectivity index (χ0v) is 34.2. The largest absolute Gasteiger partial charge is 0.492 e. The molecule has 2 aliphatic carbocycles. The Balaban J connectivity index is 1.52. The van der Waals surface area contributed by atoms with E-state index in [4.69, 9.17) is 19.0 Å². The number of nitrogens with zero attached hydrogens (tertiary/aromatic N) is 3. The van der Waals surface area contributed by atoms with Crippen LogP contribution < -0.4 is 9.47 Å². The van der Waals surface area contributed by atoms with Gasteiger partial charge in [0.25, 0.3) is 0 Å². The van der Waals surface area contributed by atoms with E-state index in [1.807, 2.05) is 24.1 Å². The molecule has 0 unspecified atom stereocenters. The van der Waals surface area contributed by atoms with Gasteiger partial charge < -0.3 is 34.2 Å². The normalized spacial score (nSPS) is 26.1. The van der Waals surface area contributed by atoms with Crippen molar-refractivity contribution in [2.45, 2.75) is 134 Å². The zero-order chi connectivity index (χ0) is 39.0. The van der Waals surface area contributed by atoms with Crippen molar-refractivity contribution in [2.75, 3.05) is 60.2 Å². The molecule has 1 saturated heterocycles. The van der Waals surface area contributed by atoms with Crippen LogP contribution in [0.2, 0.25) is 0 Å². The summed E-state index contributed by atoms with van der Waals surface area (Å²) in [7, 11) is 3.49. The molecule has 0 radical (unpaired) electrons. The van der Waals surface area contributed by atoms with Gasteiger partial charge in [-0.1, -0.05) is 88.4 Å². The van der Waals surface area contributed by atoms with Gasteiger partial charge in [0, 0.05) is 64.2 Å². The summed E-state index contributed by atoms with van der Waals surface area (Å²) in [4.78, 5) is 23.9. The SMILES string of the molecule is C=CCO[C@@]12Oc3ccc(OCCN4CC4)cc3[C@H]3[C@H](CCCCO)[C@@H](CCCCO)C=C(C(=NOC)C[C@@H]1N(C)C(=O)CCCCCCCCCCC)[C@H]32. The maximum absolute atomic E-state index is 14.2. The van der Waals surface area contributed by atoms with Crippen molar-refractivity contribution in [3.8, 4) is 11.5 Å². The van der Waals surface area contributed by atoms with Gasteiger partial charge in [0.2, 0.25) is 11.7 Å².